The van der Waals surface area contributed by atoms with Gasteiger partial charge < -0.3 is 10.1 Å². The van der Waals surface area contributed by atoms with Gasteiger partial charge >= 0.3 is 5.97 Å². The Hall–Kier alpha value is -1.22. The molecule has 1 aromatic carbocycles. The molecule has 0 unspecified atom stereocenters. The van der Waals surface area contributed by atoms with Crippen molar-refractivity contribution in [2.45, 2.75) is 45.4 Å². The van der Waals surface area contributed by atoms with Crippen LogP contribution >= 0.6 is 11.6 Å². The van der Waals surface area contributed by atoms with E-state index in [1.807, 2.05) is 6.07 Å². The van der Waals surface area contributed by atoms with Crippen LogP contribution in [-0.4, -0.2) is 19.6 Å². The van der Waals surface area contributed by atoms with Gasteiger partial charge in [-0.25, -0.2) is 4.79 Å². The zero-order valence-electron chi connectivity index (χ0n) is 12.4. The van der Waals surface area contributed by atoms with Crippen LogP contribution in [0.15, 0.2) is 18.2 Å². The predicted molar refractivity (Wildman–Crippen MR) is 84.7 cm³/mol. The van der Waals surface area contributed by atoms with Gasteiger partial charge in [-0.15, -0.1) is 0 Å². The first-order valence-electron chi connectivity index (χ1n) is 7.30. The van der Waals surface area contributed by atoms with Gasteiger partial charge in [0.15, 0.2) is 0 Å². The van der Waals surface area contributed by atoms with E-state index >= 15 is 0 Å². The highest BCUT2D eigenvalue weighted by Crippen LogP contribution is 2.21. The molecular weight excluding hydrogens is 274 g/mol. The van der Waals surface area contributed by atoms with E-state index in [9.17, 15) is 4.79 Å². The highest BCUT2D eigenvalue weighted by molar-refractivity contribution is 6.31. The maximum absolute atomic E-state index is 11.7. The number of ether oxygens (including phenoxy) is 1. The second-order valence-corrected chi connectivity index (χ2v) is 5.31. The van der Waals surface area contributed by atoms with Crippen LogP contribution in [0.3, 0.4) is 0 Å². The van der Waals surface area contributed by atoms with Crippen molar-refractivity contribution >= 4 is 23.3 Å². The van der Waals surface area contributed by atoms with Crippen molar-refractivity contribution in [2.24, 2.45) is 0 Å². The van der Waals surface area contributed by atoms with E-state index in [1.165, 1.54) is 39.2 Å². The summed E-state index contributed by atoms with van der Waals surface area (Å²) in [6.45, 7) is 3.08. The maximum atomic E-state index is 11.7. The highest BCUT2D eigenvalue weighted by atomic mass is 35.5. The minimum atomic E-state index is -0.363. The number of anilines is 1. The number of hydrogen-bond donors (Lipinski definition) is 1. The number of hydrogen-bond acceptors (Lipinski definition) is 3. The van der Waals surface area contributed by atoms with E-state index in [0.717, 1.165) is 18.7 Å². The van der Waals surface area contributed by atoms with Crippen LogP contribution in [0.2, 0.25) is 5.02 Å². The van der Waals surface area contributed by atoms with Crippen molar-refractivity contribution in [1.29, 1.82) is 0 Å². The predicted octanol–water partition coefficient (Wildman–Crippen LogP) is 4.90. The van der Waals surface area contributed by atoms with E-state index in [1.54, 1.807) is 12.1 Å². The number of unbranched alkanes of at least 4 members (excludes halogenated alkanes) is 5. The van der Waals surface area contributed by atoms with Gasteiger partial charge in [0.25, 0.3) is 0 Å². The summed E-state index contributed by atoms with van der Waals surface area (Å²) in [6, 6.07) is 5.24. The smallest absolute Gasteiger partial charge is 0.340 e. The van der Waals surface area contributed by atoms with E-state index in [-0.39, 0.29) is 5.97 Å². The number of esters is 1. The molecule has 0 fully saturated rings. The molecule has 0 aliphatic carbocycles. The molecular formula is C16H24ClNO2. The van der Waals surface area contributed by atoms with E-state index in [0.29, 0.717) is 10.6 Å². The van der Waals surface area contributed by atoms with Crippen LogP contribution in [0.25, 0.3) is 0 Å². The number of carbonyl (C=O) groups is 1. The highest BCUT2D eigenvalue weighted by Gasteiger charge is 2.11. The van der Waals surface area contributed by atoms with Gasteiger partial charge in [0.05, 0.1) is 12.7 Å². The van der Waals surface area contributed by atoms with Gasteiger partial charge in [0.2, 0.25) is 0 Å². The molecule has 0 spiro atoms. The van der Waals surface area contributed by atoms with Gasteiger partial charge in [-0.2, -0.15) is 0 Å². The molecule has 0 radical (unpaired) electrons. The lowest BCUT2D eigenvalue weighted by Gasteiger charge is -2.11. The Morgan fingerprint density at radius 1 is 1.20 bits per heavy atom. The molecule has 0 aliphatic heterocycles. The fraction of sp³-hybridized carbons (Fsp3) is 0.562. The van der Waals surface area contributed by atoms with Gasteiger partial charge in [-0.3, -0.25) is 0 Å². The molecule has 0 heterocycles. The minimum Gasteiger partial charge on any atom is -0.465 e. The normalized spacial score (nSPS) is 10.3. The summed E-state index contributed by atoms with van der Waals surface area (Å²) in [5, 5.41) is 3.82. The first-order valence-corrected chi connectivity index (χ1v) is 7.68. The molecule has 4 heteroatoms. The van der Waals surface area contributed by atoms with Gasteiger partial charge in [-0.05, 0) is 24.6 Å². The third-order valence-electron chi connectivity index (χ3n) is 3.23. The fourth-order valence-corrected chi connectivity index (χ4v) is 2.25. The standard InChI is InChI=1S/C16H24ClNO2/c1-3-4-5-6-7-8-11-18-15-10-9-13(17)12-14(15)16(19)20-2/h9-10,12,18H,3-8,11H2,1-2H3. The lowest BCUT2D eigenvalue weighted by atomic mass is 10.1. The summed E-state index contributed by atoms with van der Waals surface area (Å²) in [4.78, 5) is 11.7. The molecule has 1 rings (SSSR count). The molecule has 0 aromatic heterocycles. The van der Waals surface area contributed by atoms with Gasteiger partial charge in [0, 0.05) is 17.3 Å². The van der Waals surface area contributed by atoms with Crippen molar-refractivity contribution in [1.82, 2.24) is 0 Å². The lowest BCUT2D eigenvalue weighted by molar-refractivity contribution is 0.0602. The Labute approximate surface area is 126 Å². The van der Waals surface area contributed by atoms with E-state index in [2.05, 4.69) is 12.2 Å². The van der Waals surface area contributed by atoms with E-state index < -0.39 is 0 Å². The molecule has 112 valence electrons. The molecule has 0 saturated carbocycles. The summed E-state index contributed by atoms with van der Waals surface area (Å²) in [7, 11) is 1.38. The van der Waals surface area contributed by atoms with Crippen molar-refractivity contribution in [2.75, 3.05) is 19.0 Å². The molecule has 1 N–H and O–H groups in total. The zero-order valence-corrected chi connectivity index (χ0v) is 13.1. The first-order chi connectivity index (χ1) is 9.69. The molecule has 0 saturated heterocycles. The Balaban J connectivity index is 2.41. The third-order valence-corrected chi connectivity index (χ3v) is 3.47. The van der Waals surface area contributed by atoms with Gasteiger partial charge in [-0.1, -0.05) is 50.6 Å². The number of benzene rings is 1. The topological polar surface area (TPSA) is 38.3 Å². The fourth-order valence-electron chi connectivity index (χ4n) is 2.08. The van der Waals surface area contributed by atoms with Crippen LogP contribution in [0.4, 0.5) is 5.69 Å². The molecule has 1 aromatic rings. The molecule has 0 amide bonds. The van der Waals surface area contributed by atoms with Gasteiger partial charge in [0.1, 0.15) is 0 Å². The zero-order chi connectivity index (χ0) is 14.8. The minimum absolute atomic E-state index is 0.363. The summed E-state index contributed by atoms with van der Waals surface area (Å²) in [5.74, 6) is -0.363. The Bertz CT molecular complexity index is 421. The van der Waals surface area contributed by atoms with Crippen LogP contribution in [0.5, 0.6) is 0 Å². The number of halogens is 1. The molecule has 0 bridgehead atoms. The molecule has 3 nitrogen and oxygen atoms in total. The Morgan fingerprint density at radius 2 is 1.90 bits per heavy atom. The molecule has 0 atom stereocenters. The first kappa shape index (κ1) is 16.8. The average molecular weight is 298 g/mol. The SMILES string of the molecule is CCCCCCCCNc1ccc(Cl)cc1C(=O)OC. The second-order valence-electron chi connectivity index (χ2n) is 4.88. The number of nitrogens with one attached hydrogen (secondary N) is 1. The van der Waals surface area contributed by atoms with Crippen LogP contribution < -0.4 is 5.32 Å². The lowest BCUT2D eigenvalue weighted by Crippen LogP contribution is -2.09. The number of methoxy groups -OCH3 is 1. The molecule has 20 heavy (non-hydrogen) atoms. The Morgan fingerprint density at radius 3 is 2.60 bits per heavy atom. The maximum Gasteiger partial charge on any atom is 0.340 e. The largest absolute Gasteiger partial charge is 0.465 e. The van der Waals surface area contributed by atoms with E-state index in [4.69, 9.17) is 16.3 Å². The summed E-state index contributed by atoms with van der Waals surface area (Å²) in [6.07, 6.45) is 7.49. The van der Waals surface area contributed by atoms with Crippen molar-refractivity contribution in [3.63, 3.8) is 0 Å². The monoisotopic (exact) mass is 297 g/mol. The van der Waals surface area contributed by atoms with Crippen LogP contribution in [-0.2, 0) is 4.74 Å². The summed E-state index contributed by atoms with van der Waals surface area (Å²) < 4.78 is 4.77. The number of carbonyl (C=O) groups excluding carboxylic acids is 1. The quantitative estimate of drug-likeness (QED) is 0.520. The Kier molecular flexibility index (Phi) is 8.12. The van der Waals surface area contributed by atoms with Crippen molar-refractivity contribution < 1.29 is 9.53 Å². The third kappa shape index (κ3) is 5.83. The summed E-state index contributed by atoms with van der Waals surface area (Å²) in [5.41, 5.74) is 1.28. The average Bonchev–Trinajstić information content (AvgIpc) is 2.46. The van der Waals surface area contributed by atoms with Crippen molar-refractivity contribution in [3.05, 3.63) is 28.8 Å². The molecule has 0 aliphatic rings. The summed E-state index contributed by atoms with van der Waals surface area (Å²) >= 11 is 5.91. The van der Waals surface area contributed by atoms with Crippen LogP contribution in [0.1, 0.15) is 55.8 Å². The second kappa shape index (κ2) is 9.65. The number of rotatable bonds is 9. The van der Waals surface area contributed by atoms with Crippen LogP contribution in [0, 0.1) is 0 Å². The van der Waals surface area contributed by atoms with Crippen molar-refractivity contribution in [3.8, 4) is 0 Å².